The van der Waals surface area contributed by atoms with Crippen LogP contribution in [0.25, 0.3) is 5.65 Å². The summed E-state index contributed by atoms with van der Waals surface area (Å²) < 4.78 is 2.54. The average molecular weight is 261 g/mol. The minimum absolute atomic E-state index is 0.0633. The molecule has 4 nitrogen and oxygen atoms in total. The summed E-state index contributed by atoms with van der Waals surface area (Å²) >= 11 is 2.10. The van der Waals surface area contributed by atoms with Gasteiger partial charge in [-0.05, 0) is 22.6 Å². The Morgan fingerprint density at radius 1 is 1.64 bits per heavy atom. The van der Waals surface area contributed by atoms with Gasteiger partial charge in [-0.2, -0.15) is 0 Å². The number of halogens is 1. The van der Waals surface area contributed by atoms with Gasteiger partial charge in [0.1, 0.15) is 3.70 Å². The molecule has 0 aliphatic carbocycles. The van der Waals surface area contributed by atoms with Gasteiger partial charge in [0, 0.05) is 12.3 Å². The van der Waals surface area contributed by atoms with Crippen molar-refractivity contribution in [1.82, 2.24) is 14.6 Å². The number of H-pyrrole nitrogens is 1. The molecule has 11 heavy (non-hydrogen) atoms. The van der Waals surface area contributed by atoms with Crippen molar-refractivity contribution in [2.45, 2.75) is 0 Å². The number of nitrogens with one attached hydrogen (secondary N) is 1. The fourth-order valence-corrected chi connectivity index (χ4v) is 1.40. The molecule has 1 N–H and O–H groups in total. The molecule has 2 rings (SSSR count). The first-order valence-electron chi connectivity index (χ1n) is 3.00. The van der Waals surface area contributed by atoms with Crippen molar-refractivity contribution in [2.75, 3.05) is 0 Å². The maximum Gasteiger partial charge on any atom is 0.224 e. The molecule has 0 bridgehead atoms. The normalized spacial score (nSPS) is 10.6. The summed E-state index contributed by atoms with van der Waals surface area (Å²) in [5.41, 5.74) is 0.378. The number of aromatic nitrogens is 3. The molecule has 0 saturated heterocycles. The van der Waals surface area contributed by atoms with Gasteiger partial charge >= 0.3 is 0 Å². The van der Waals surface area contributed by atoms with Gasteiger partial charge in [-0.15, -0.1) is 0 Å². The second-order valence-electron chi connectivity index (χ2n) is 2.07. The smallest absolute Gasteiger partial charge is 0.224 e. The lowest BCUT2D eigenvalue weighted by Crippen LogP contribution is -2.06. The van der Waals surface area contributed by atoms with Crippen molar-refractivity contribution >= 4 is 28.2 Å². The SMILES string of the molecule is O=c1cc[nH]n2c(I)cnc12. The van der Waals surface area contributed by atoms with Gasteiger partial charge in [0.05, 0.1) is 6.20 Å². The Kier molecular flexibility index (Phi) is 1.45. The molecule has 2 aromatic heterocycles. The molecule has 0 fully saturated rings. The van der Waals surface area contributed by atoms with Crippen LogP contribution in [0.2, 0.25) is 0 Å². The summed E-state index contributed by atoms with van der Waals surface area (Å²) in [5, 5.41) is 2.89. The highest BCUT2D eigenvalue weighted by molar-refractivity contribution is 14.1. The Hall–Kier alpha value is -0.850. The number of nitrogens with zero attached hydrogens (tertiary/aromatic N) is 2. The second-order valence-corrected chi connectivity index (χ2v) is 3.17. The Morgan fingerprint density at radius 2 is 2.45 bits per heavy atom. The zero-order valence-corrected chi connectivity index (χ0v) is 7.57. The van der Waals surface area contributed by atoms with Crippen LogP contribution >= 0.6 is 22.6 Å². The third-order valence-corrected chi connectivity index (χ3v) is 2.14. The molecular weight excluding hydrogens is 257 g/mol. The van der Waals surface area contributed by atoms with Crippen LogP contribution in [-0.4, -0.2) is 14.6 Å². The Balaban J connectivity index is 3.06. The van der Waals surface area contributed by atoms with Gasteiger partial charge in [0.2, 0.25) is 11.1 Å². The maximum absolute atomic E-state index is 11.1. The molecule has 2 heterocycles. The van der Waals surface area contributed by atoms with Crippen molar-refractivity contribution in [3.8, 4) is 0 Å². The molecule has 56 valence electrons. The third-order valence-electron chi connectivity index (χ3n) is 1.38. The van der Waals surface area contributed by atoms with E-state index in [4.69, 9.17) is 0 Å². The summed E-state index contributed by atoms with van der Waals surface area (Å²) in [6, 6.07) is 1.46. The van der Waals surface area contributed by atoms with Crippen molar-refractivity contribution < 1.29 is 0 Å². The number of imidazole rings is 1. The lowest BCUT2D eigenvalue weighted by atomic mass is 10.5. The molecule has 0 atom stereocenters. The summed E-state index contributed by atoms with van der Waals surface area (Å²) in [4.78, 5) is 15.0. The van der Waals surface area contributed by atoms with Crippen LogP contribution in [0.4, 0.5) is 0 Å². The Bertz CT molecular complexity index is 444. The van der Waals surface area contributed by atoms with Gasteiger partial charge in [-0.25, -0.2) is 9.50 Å². The first kappa shape index (κ1) is 6.84. The van der Waals surface area contributed by atoms with Gasteiger partial charge < -0.3 is 0 Å². The van der Waals surface area contributed by atoms with E-state index in [1.807, 2.05) is 0 Å². The highest BCUT2D eigenvalue weighted by Gasteiger charge is 2.00. The lowest BCUT2D eigenvalue weighted by Gasteiger charge is -1.91. The third kappa shape index (κ3) is 0.953. The number of rotatable bonds is 0. The number of hydrogen-bond donors (Lipinski definition) is 1. The number of fused-ring (bicyclic) bond motifs is 1. The predicted octanol–water partition coefficient (Wildman–Crippen LogP) is 0.627. The van der Waals surface area contributed by atoms with Gasteiger partial charge in [0.25, 0.3) is 0 Å². The van der Waals surface area contributed by atoms with E-state index in [1.54, 1.807) is 16.9 Å². The highest BCUT2D eigenvalue weighted by atomic mass is 127. The molecule has 2 aromatic rings. The topological polar surface area (TPSA) is 50.2 Å². The standard InChI is InChI=1S/C6H4IN3O/c7-5-3-8-6-4(11)1-2-9-10(5)6/h1-3,9H. The fraction of sp³-hybridized carbons (Fsp3) is 0. The summed E-state index contributed by atoms with van der Waals surface area (Å²) in [5.74, 6) is 0. The van der Waals surface area contributed by atoms with Crippen LogP contribution in [0.3, 0.4) is 0 Å². The van der Waals surface area contributed by atoms with Gasteiger partial charge in [0.15, 0.2) is 0 Å². The molecule has 0 saturated carbocycles. The monoisotopic (exact) mass is 261 g/mol. The Labute approximate surface area is 75.4 Å². The summed E-state index contributed by atoms with van der Waals surface area (Å²) in [6.45, 7) is 0. The summed E-state index contributed by atoms with van der Waals surface area (Å²) in [7, 11) is 0. The predicted molar refractivity (Wildman–Crippen MR) is 48.5 cm³/mol. The minimum Gasteiger partial charge on any atom is -0.299 e. The van der Waals surface area contributed by atoms with Crippen LogP contribution in [0.5, 0.6) is 0 Å². The average Bonchev–Trinajstić information content (AvgIpc) is 2.35. The molecular formula is C6H4IN3O. The summed E-state index contributed by atoms with van der Waals surface area (Å²) in [6.07, 6.45) is 3.24. The molecule has 0 radical (unpaired) electrons. The molecule has 5 heteroatoms. The number of aromatic amines is 1. The largest absolute Gasteiger partial charge is 0.299 e. The zero-order valence-electron chi connectivity index (χ0n) is 5.41. The highest BCUT2D eigenvalue weighted by Crippen LogP contribution is 2.02. The molecule has 0 spiro atoms. The van der Waals surface area contributed by atoms with E-state index in [1.165, 1.54) is 6.07 Å². The van der Waals surface area contributed by atoms with Crippen molar-refractivity contribution in [3.63, 3.8) is 0 Å². The van der Waals surface area contributed by atoms with E-state index in [9.17, 15) is 4.79 Å². The van der Waals surface area contributed by atoms with Crippen molar-refractivity contribution in [1.29, 1.82) is 0 Å². The lowest BCUT2D eigenvalue weighted by molar-refractivity contribution is 0.907. The Morgan fingerprint density at radius 3 is 3.18 bits per heavy atom. The maximum atomic E-state index is 11.1. The van der Waals surface area contributed by atoms with Gasteiger partial charge in [-0.1, -0.05) is 0 Å². The van der Waals surface area contributed by atoms with E-state index < -0.39 is 0 Å². The van der Waals surface area contributed by atoms with E-state index in [0.717, 1.165) is 3.70 Å². The fourth-order valence-electron chi connectivity index (χ4n) is 0.890. The van der Waals surface area contributed by atoms with E-state index in [0.29, 0.717) is 5.65 Å². The molecule has 0 unspecified atom stereocenters. The van der Waals surface area contributed by atoms with E-state index in [2.05, 4.69) is 32.7 Å². The van der Waals surface area contributed by atoms with E-state index >= 15 is 0 Å². The van der Waals surface area contributed by atoms with E-state index in [-0.39, 0.29) is 5.43 Å². The number of hydrogen-bond acceptors (Lipinski definition) is 2. The van der Waals surface area contributed by atoms with Crippen LogP contribution in [-0.2, 0) is 0 Å². The second kappa shape index (κ2) is 2.33. The minimum atomic E-state index is -0.0633. The van der Waals surface area contributed by atoms with Crippen LogP contribution in [0, 0.1) is 3.70 Å². The molecule has 0 aromatic carbocycles. The van der Waals surface area contributed by atoms with Crippen LogP contribution in [0.15, 0.2) is 23.3 Å². The zero-order chi connectivity index (χ0) is 7.84. The van der Waals surface area contributed by atoms with Gasteiger partial charge in [-0.3, -0.25) is 9.89 Å². The molecule has 0 aliphatic rings. The van der Waals surface area contributed by atoms with Crippen molar-refractivity contribution in [2.24, 2.45) is 0 Å². The molecule has 0 amide bonds. The quantitative estimate of drug-likeness (QED) is 0.707. The first-order valence-corrected chi connectivity index (χ1v) is 4.07. The van der Waals surface area contributed by atoms with Crippen LogP contribution < -0.4 is 5.43 Å². The molecule has 0 aliphatic heterocycles. The first-order chi connectivity index (χ1) is 5.29. The van der Waals surface area contributed by atoms with Crippen LogP contribution in [0.1, 0.15) is 0 Å². The van der Waals surface area contributed by atoms with Crippen molar-refractivity contribution in [3.05, 3.63) is 32.4 Å².